The summed E-state index contributed by atoms with van der Waals surface area (Å²) in [4.78, 5) is 14.9. The molecule has 0 spiro atoms. The number of methoxy groups -OCH3 is 1. The van der Waals surface area contributed by atoms with Crippen molar-refractivity contribution >= 4 is 5.91 Å². The molecule has 2 atom stereocenters. The third-order valence-electron chi connectivity index (χ3n) is 5.35. The number of likely N-dealkylation sites (tertiary alicyclic amines) is 1. The summed E-state index contributed by atoms with van der Waals surface area (Å²) in [6.45, 7) is 5.47. The van der Waals surface area contributed by atoms with Crippen LogP contribution in [0.1, 0.15) is 59.3 Å². The summed E-state index contributed by atoms with van der Waals surface area (Å²) in [6, 6.07) is 1.72. The Hall–Kier alpha value is -2.15. The Morgan fingerprint density at radius 3 is 3.00 bits per heavy atom. The summed E-state index contributed by atoms with van der Waals surface area (Å²) < 4.78 is 13.5. The van der Waals surface area contributed by atoms with Gasteiger partial charge in [0.2, 0.25) is 0 Å². The average molecular weight is 344 g/mol. The van der Waals surface area contributed by atoms with Crippen molar-refractivity contribution < 1.29 is 13.9 Å². The minimum absolute atomic E-state index is 0.00464. The number of carbonyl (C=O) groups excluding carboxylic acids is 1. The molecule has 0 N–H and O–H groups in total. The monoisotopic (exact) mass is 344 g/mol. The first-order chi connectivity index (χ1) is 12.1. The molecular formula is C18H24N4O3. The third kappa shape index (κ3) is 2.66. The Kier molecular flexibility index (Phi) is 4.11. The largest absolute Gasteiger partial charge is 0.456 e. The standard InChI is InChI=1S/C18H24N4O3/c1-4-14-11(2)8-15(25-14)18(23)22-10-12(24-3)9-13(22)17-20-19-16-6-5-7-21(16)17/h8,12-13H,4-7,9-10H2,1-3H3/t12-,13+/m1/s1. The SMILES string of the molecule is CCc1oc(C(=O)N2C[C@H](OC)C[C@H]2c2nnc3n2CCC3)cc1C. The lowest BCUT2D eigenvalue weighted by molar-refractivity contribution is 0.0650. The van der Waals surface area contributed by atoms with Crippen molar-refractivity contribution in [3.05, 3.63) is 34.8 Å². The highest BCUT2D eigenvalue weighted by Crippen LogP contribution is 2.35. The molecule has 0 bridgehead atoms. The van der Waals surface area contributed by atoms with Gasteiger partial charge in [0.05, 0.1) is 12.1 Å². The van der Waals surface area contributed by atoms with Crippen LogP contribution < -0.4 is 0 Å². The van der Waals surface area contributed by atoms with Crippen LogP contribution in [-0.4, -0.2) is 45.3 Å². The summed E-state index contributed by atoms with van der Waals surface area (Å²) in [5.74, 6) is 3.07. The Balaban J connectivity index is 1.66. The van der Waals surface area contributed by atoms with Gasteiger partial charge in [-0.2, -0.15) is 0 Å². The van der Waals surface area contributed by atoms with Gasteiger partial charge in [-0.25, -0.2) is 0 Å². The molecule has 2 aliphatic heterocycles. The molecule has 0 saturated carbocycles. The van der Waals surface area contributed by atoms with E-state index in [1.807, 2.05) is 24.8 Å². The van der Waals surface area contributed by atoms with E-state index in [0.717, 1.165) is 55.2 Å². The van der Waals surface area contributed by atoms with Gasteiger partial charge in [0.1, 0.15) is 11.6 Å². The third-order valence-corrected chi connectivity index (χ3v) is 5.35. The molecule has 0 aliphatic carbocycles. The number of rotatable bonds is 4. The zero-order chi connectivity index (χ0) is 17.6. The molecule has 4 rings (SSSR count). The maximum atomic E-state index is 13.1. The number of aryl methyl sites for hydroxylation is 3. The Labute approximate surface area is 147 Å². The Bertz CT molecular complexity index is 794. The number of hydrogen-bond donors (Lipinski definition) is 0. The fourth-order valence-corrected chi connectivity index (χ4v) is 3.97. The van der Waals surface area contributed by atoms with Gasteiger partial charge in [0, 0.05) is 39.5 Å². The van der Waals surface area contributed by atoms with E-state index in [9.17, 15) is 4.79 Å². The van der Waals surface area contributed by atoms with Crippen LogP contribution in [0.5, 0.6) is 0 Å². The summed E-state index contributed by atoms with van der Waals surface area (Å²) in [7, 11) is 1.69. The van der Waals surface area contributed by atoms with E-state index in [1.165, 1.54) is 0 Å². The van der Waals surface area contributed by atoms with Gasteiger partial charge in [-0.1, -0.05) is 6.92 Å². The number of fused-ring (bicyclic) bond motifs is 1. The van der Waals surface area contributed by atoms with E-state index < -0.39 is 0 Å². The highest BCUT2D eigenvalue weighted by Gasteiger charge is 2.41. The molecule has 0 radical (unpaired) electrons. The maximum absolute atomic E-state index is 13.1. The fourth-order valence-electron chi connectivity index (χ4n) is 3.97. The van der Waals surface area contributed by atoms with Gasteiger partial charge in [0.15, 0.2) is 11.6 Å². The van der Waals surface area contributed by atoms with E-state index in [2.05, 4.69) is 14.8 Å². The van der Waals surface area contributed by atoms with Crippen LogP contribution in [0.3, 0.4) is 0 Å². The quantitative estimate of drug-likeness (QED) is 0.851. The van der Waals surface area contributed by atoms with Crippen LogP contribution in [0, 0.1) is 6.92 Å². The second-order valence-corrected chi connectivity index (χ2v) is 6.87. The van der Waals surface area contributed by atoms with Crippen LogP contribution in [0.25, 0.3) is 0 Å². The summed E-state index contributed by atoms with van der Waals surface area (Å²) >= 11 is 0. The Morgan fingerprint density at radius 2 is 2.28 bits per heavy atom. The van der Waals surface area contributed by atoms with Crippen molar-refractivity contribution in [2.45, 2.75) is 58.2 Å². The number of ether oxygens (including phenoxy) is 1. The van der Waals surface area contributed by atoms with Gasteiger partial charge in [-0.05, 0) is 25.0 Å². The predicted octanol–water partition coefficient (Wildman–Crippen LogP) is 2.29. The molecule has 4 heterocycles. The Morgan fingerprint density at radius 1 is 1.44 bits per heavy atom. The second-order valence-electron chi connectivity index (χ2n) is 6.87. The first-order valence-electron chi connectivity index (χ1n) is 8.97. The lowest BCUT2D eigenvalue weighted by Crippen LogP contribution is -2.33. The van der Waals surface area contributed by atoms with Crippen molar-refractivity contribution in [3.63, 3.8) is 0 Å². The van der Waals surface area contributed by atoms with Crippen molar-refractivity contribution in [3.8, 4) is 0 Å². The number of hydrogen-bond acceptors (Lipinski definition) is 5. The first kappa shape index (κ1) is 16.3. The molecule has 0 aromatic carbocycles. The highest BCUT2D eigenvalue weighted by atomic mass is 16.5. The number of carbonyl (C=O) groups is 1. The van der Waals surface area contributed by atoms with E-state index in [1.54, 1.807) is 7.11 Å². The number of nitrogens with zero attached hydrogens (tertiary/aromatic N) is 4. The van der Waals surface area contributed by atoms with E-state index in [-0.39, 0.29) is 18.1 Å². The van der Waals surface area contributed by atoms with E-state index in [0.29, 0.717) is 12.3 Å². The van der Waals surface area contributed by atoms with E-state index >= 15 is 0 Å². The smallest absolute Gasteiger partial charge is 0.290 e. The lowest BCUT2D eigenvalue weighted by Gasteiger charge is -2.23. The molecule has 1 amide bonds. The summed E-state index contributed by atoms with van der Waals surface area (Å²) in [6.07, 6.45) is 3.56. The molecule has 2 aromatic rings. The van der Waals surface area contributed by atoms with Crippen molar-refractivity contribution in [1.82, 2.24) is 19.7 Å². The number of amides is 1. The summed E-state index contributed by atoms with van der Waals surface area (Å²) in [5, 5.41) is 8.69. The fraction of sp³-hybridized carbons (Fsp3) is 0.611. The van der Waals surface area contributed by atoms with Crippen LogP contribution in [0.4, 0.5) is 0 Å². The molecule has 1 saturated heterocycles. The highest BCUT2D eigenvalue weighted by molar-refractivity contribution is 5.92. The van der Waals surface area contributed by atoms with Crippen molar-refractivity contribution in [1.29, 1.82) is 0 Å². The lowest BCUT2D eigenvalue weighted by atomic mass is 10.1. The second kappa shape index (κ2) is 6.29. The van der Waals surface area contributed by atoms with Crippen molar-refractivity contribution in [2.75, 3.05) is 13.7 Å². The first-order valence-corrected chi connectivity index (χ1v) is 8.97. The maximum Gasteiger partial charge on any atom is 0.290 e. The molecule has 2 aliphatic rings. The van der Waals surface area contributed by atoms with Crippen molar-refractivity contribution in [2.24, 2.45) is 0 Å². The zero-order valence-electron chi connectivity index (χ0n) is 15.0. The molecule has 134 valence electrons. The predicted molar refractivity (Wildman–Crippen MR) is 90.4 cm³/mol. The van der Waals surface area contributed by atoms with E-state index in [4.69, 9.17) is 9.15 Å². The van der Waals surface area contributed by atoms with Gasteiger partial charge in [0.25, 0.3) is 5.91 Å². The topological polar surface area (TPSA) is 73.4 Å². The minimum Gasteiger partial charge on any atom is -0.456 e. The number of aromatic nitrogens is 3. The van der Waals surface area contributed by atoms with Gasteiger partial charge in [-0.15, -0.1) is 10.2 Å². The molecular weight excluding hydrogens is 320 g/mol. The zero-order valence-corrected chi connectivity index (χ0v) is 15.0. The van der Waals surface area contributed by atoms with Crippen LogP contribution in [0.2, 0.25) is 0 Å². The van der Waals surface area contributed by atoms with Crippen LogP contribution >= 0.6 is 0 Å². The van der Waals surface area contributed by atoms with Crippen LogP contribution in [0.15, 0.2) is 10.5 Å². The summed E-state index contributed by atoms with van der Waals surface area (Å²) in [5.41, 5.74) is 1.02. The normalized spacial score (nSPS) is 22.6. The van der Waals surface area contributed by atoms with Crippen LogP contribution in [-0.2, 0) is 24.1 Å². The average Bonchev–Trinajstić information content (AvgIpc) is 3.36. The minimum atomic E-state index is -0.118. The molecule has 2 aromatic heterocycles. The van der Waals surface area contributed by atoms with Gasteiger partial charge >= 0.3 is 0 Å². The number of furan rings is 1. The molecule has 1 fully saturated rings. The molecule has 25 heavy (non-hydrogen) atoms. The molecule has 7 nitrogen and oxygen atoms in total. The van der Waals surface area contributed by atoms with Gasteiger partial charge in [-0.3, -0.25) is 4.79 Å². The van der Waals surface area contributed by atoms with Gasteiger partial charge < -0.3 is 18.6 Å². The molecule has 7 heteroatoms. The molecule has 0 unspecified atom stereocenters.